The molecule has 0 aromatic heterocycles. The van der Waals surface area contributed by atoms with Crippen molar-refractivity contribution in [3.05, 3.63) is 18.2 Å². The van der Waals surface area contributed by atoms with Gasteiger partial charge < -0.3 is 20.5 Å². The summed E-state index contributed by atoms with van der Waals surface area (Å²) in [7, 11) is -3.82. The summed E-state index contributed by atoms with van der Waals surface area (Å²) in [5.74, 6) is 0. The zero-order chi connectivity index (χ0) is 13.9. The van der Waals surface area contributed by atoms with Gasteiger partial charge in [-0.2, -0.15) is 0 Å². The van der Waals surface area contributed by atoms with Gasteiger partial charge in [0, 0.05) is 12.2 Å². The third-order valence-electron chi connectivity index (χ3n) is 2.72. The molecule has 0 bridgehead atoms. The number of ether oxygens (including phenoxy) is 2. The van der Waals surface area contributed by atoms with Gasteiger partial charge in [-0.3, -0.25) is 0 Å². The zero-order valence-corrected chi connectivity index (χ0v) is 11.2. The van der Waals surface area contributed by atoms with Gasteiger partial charge in [0.15, 0.2) is 0 Å². The molecule has 1 aliphatic rings. The molecule has 1 unspecified atom stereocenters. The molecule has 5 N–H and O–H groups in total. The lowest BCUT2D eigenvalue weighted by Gasteiger charge is -2.24. The Kier molecular flexibility index (Phi) is 4.25. The minimum absolute atomic E-state index is 0.0239. The van der Waals surface area contributed by atoms with Crippen molar-refractivity contribution >= 4 is 21.4 Å². The number of nitrogens with two attached hydrogens (primary N) is 2. The van der Waals surface area contributed by atoms with Crippen LogP contribution >= 0.6 is 0 Å². The summed E-state index contributed by atoms with van der Waals surface area (Å²) in [5.41, 5.74) is 6.32. The first-order chi connectivity index (χ1) is 8.97. The molecule has 1 aromatic rings. The van der Waals surface area contributed by atoms with Crippen molar-refractivity contribution in [2.45, 2.75) is 11.0 Å². The third kappa shape index (κ3) is 3.80. The number of nitrogens with one attached hydrogen (secondary N) is 1. The van der Waals surface area contributed by atoms with Crippen LogP contribution in [0.25, 0.3) is 0 Å². The van der Waals surface area contributed by atoms with Gasteiger partial charge >= 0.3 is 0 Å². The maximum atomic E-state index is 11.5. The normalized spacial score (nSPS) is 20.2. The monoisotopic (exact) mass is 287 g/mol. The molecule has 1 fully saturated rings. The van der Waals surface area contributed by atoms with Gasteiger partial charge in [-0.05, 0) is 18.2 Å². The second-order valence-corrected chi connectivity index (χ2v) is 5.78. The molecule has 19 heavy (non-hydrogen) atoms. The van der Waals surface area contributed by atoms with Gasteiger partial charge in [0.2, 0.25) is 10.0 Å². The van der Waals surface area contributed by atoms with E-state index in [1.807, 2.05) is 0 Å². The summed E-state index contributed by atoms with van der Waals surface area (Å²) in [4.78, 5) is -0.0239. The number of anilines is 2. The fourth-order valence-electron chi connectivity index (χ4n) is 1.80. The van der Waals surface area contributed by atoms with Crippen molar-refractivity contribution in [1.82, 2.24) is 0 Å². The van der Waals surface area contributed by atoms with Crippen LogP contribution in [0.5, 0.6) is 0 Å². The lowest BCUT2D eigenvalue weighted by Crippen LogP contribution is -2.34. The van der Waals surface area contributed by atoms with Crippen LogP contribution in [0.1, 0.15) is 0 Å². The molecule has 0 radical (unpaired) electrons. The van der Waals surface area contributed by atoms with Crippen LogP contribution in [-0.2, 0) is 19.5 Å². The Balaban J connectivity index is 2.11. The largest absolute Gasteiger partial charge is 0.399 e. The van der Waals surface area contributed by atoms with Crippen molar-refractivity contribution in [2.24, 2.45) is 5.14 Å². The molecular formula is C11H17N3O4S. The van der Waals surface area contributed by atoms with E-state index in [4.69, 9.17) is 20.3 Å². The molecular weight excluding hydrogens is 270 g/mol. The smallest absolute Gasteiger partial charge is 0.240 e. The molecule has 1 aromatic carbocycles. The molecule has 1 heterocycles. The van der Waals surface area contributed by atoms with Crippen molar-refractivity contribution in [1.29, 1.82) is 0 Å². The van der Waals surface area contributed by atoms with Crippen LogP contribution in [-0.4, -0.2) is 40.9 Å². The summed E-state index contributed by atoms with van der Waals surface area (Å²) in [6, 6.07) is 4.52. The SMILES string of the molecule is Nc1ccc(NCC2COCCO2)c(S(N)(=O)=O)c1. The van der Waals surface area contributed by atoms with Crippen LogP contribution < -0.4 is 16.2 Å². The highest BCUT2D eigenvalue weighted by Gasteiger charge is 2.17. The van der Waals surface area contributed by atoms with E-state index in [-0.39, 0.29) is 11.0 Å². The third-order valence-corrected chi connectivity index (χ3v) is 3.67. The maximum Gasteiger partial charge on any atom is 0.240 e. The van der Waals surface area contributed by atoms with Crippen LogP contribution in [0.3, 0.4) is 0 Å². The number of rotatable bonds is 4. The lowest BCUT2D eigenvalue weighted by atomic mass is 10.2. The second kappa shape index (κ2) is 5.74. The van der Waals surface area contributed by atoms with Gasteiger partial charge in [0.25, 0.3) is 0 Å². The first-order valence-corrected chi connectivity index (χ1v) is 7.37. The molecule has 1 saturated heterocycles. The Morgan fingerprint density at radius 1 is 1.37 bits per heavy atom. The van der Waals surface area contributed by atoms with Crippen molar-refractivity contribution in [3.63, 3.8) is 0 Å². The van der Waals surface area contributed by atoms with E-state index in [1.165, 1.54) is 6.07 Å². The zero-order valence-electron chi connectivity index (χ0n) is 10.3. The molecule has 1 atom stereocenters. The first-order valence-electron chi connectivity index (χ1n) is 5.82. The Morgan fingerprint density at radius 3 is 2.79 bits per heavy atom. The molecule has 0 amide bonds. The minimum Gasteiger partial charge on any atom is -0.399 e. The maximum absolute atomic E-state index is 11.5. The molecule has 0 spiro atoms. The summed E-state index contributed by atoms with van der Waals surface area (Å²) < 4.78 is 33.7. The molecule has 0 aliphatic carbocycles. The first kappa shape index (κ1) is 14.1. The van der Waals surface area contributed by atoms with Gasteiger partial charge in [-0.15, -0.1) is 0 Å². The van der Waals surface area contributed by atoms with E-state index in [2.05, 4.69) is 5.32 Å². The number of nitrogen functional groups attached to an aromatic ring is 1. The van der Waals surface area contributed by atoms with E-state index >= 15 is 0 Å². The molecule has 106 valence electrons. The standard InChI is InChI=1S/C11H17N3O4S/c12-8-1-2-10(11(5-8)19(13,15)16)14-6-9-7-17-3-4-18-9/h1-2,5,9,14H,3-4,6-7,12H2,(H2,13,15,16). The highest BCUT2D eigenvalue weighted by molar-refractivity contribution is 7.89. The van der Waals surface area contributed by atoms with Crippen molar-refractivity contribution in [3.8, 4) is 0 Å². The second-order valence-electron chi connectivity index (χ2n) is 4.25. The van der Waals surface area contributed by atoms with E-state index in [0.29, 0.717) is 37.7 Å². The quantitative estimate of drug-likeness (QED) is 0.657. The Hall–Kier alpha value is -1.35. The minimum atomic E-state index is -3.82. The molecule has 7 nitrogen and oxygen atoms in total. The summed E-state index contributed by atoms with van der Waals surface area (Å²) >= 11 is 0. The predicted molar refractivity (Wildman–Crippen MR) is 71.3 cm³/mol. The van der Waals surface area contributed by atoms with E-state index < -0.39 is 10.0 Å². The molecule has 0 saturated carbocycles. The molecule has 1 aliphatic heterocycles. The van der Waals surface area contributed by atoms with E-state index in [1.54, 1.807) is 12.1 Å². The number of primary sulfonamides is 1. The average molecular weight is 287 g/mol. The number of benzene rings is 1. The highest BCUT2D eigenvalue weighted by atomic mass is 32.2. The number of hydrogen-bond donors (Lipinski definition) is 3. The summed E-state index contributed by atoms with van der Waals surface area (Å²) in [6.07, 6.45) is -0.111. The molecule has 8 heteroatoms. The Bertz CT molecular complexity index is 541. The predicted octanol–water partition coefficient (Wildman–Crippen LogP) is -0.256. The topological polar surface area (TPSA) is 117 Å². The van der Waals surface area contributed by atoms with Crippen LogP contribution in [0.15, 0.2) is 23.1 Å². The van der Waals surface area contributed by atoms with Gasteiger partial charge in [-0.25, -0.2) is 13.6 Å². The summed E-state index contributed by atoms with van der Waals surface area (Å²) in [6.45, 7) is 2.04. The Labute approximate surface area is 111 Å². The fraction of sp³-hybridized carbons (Fsp3) is 0.455. The Morgan fingerprint density at radius 2 is 2.16 bits per heavy atom. The van der Waals surface area contributed by atoms with Crippen molar-refractivity contribution in [2.75, 3.05) is 37.4 Å². The van der Waals surface area contributed by atoms with E-state index in [0.717, 1.165) is 0 Å². The van der Waals surface area contributed by atoms with Crippen LogP contribution in [0.4, 0.5) is 11.4 Å². The van der Waals surface area contributed by atoms with Gasteiger partial charge in [-0.1, -0.05) is 0 Å². The van der Waals surface area contributed by atoms with Crippen molar-refractivity contribution < 1.29 is 17.9 Å². The number of hydrogen-bond acceptors (Lipinski definition) is 6. The van der Waals surface area contributed by atoms with Gasteiger partial charge in [0.05, 0.1) is 31.6 Å². The summed E-state index contributed by atoms with van der Waals surface area (Å²) in [5, 5.41) is 8.15. The highest BCUT2D eigenvalue weighted by Crippen LogP contribution is 2.23. The van der Waals surface area contributed by atoms with Gasteiger partial charge in [0.1, 0.15) is 4.90 Å². The average Bonchev–Trinajstić information content (AvgIpc) is 2.37. The molecule has 2 rings (SSSR count). The lowest BCUT2D eigenvalue weighted by molar-refractivity contribution is -0.0819. The van der Waals surface area contributed by atoms with E-state index in [9.17, 15) is 8.42 Å². The van der Waals surface area contributed by atoms with Crippen LogP contribution in [0.2, 0.25) is 0 Å². The fourth-order valence-corrected chi connectivity index (χ4v) is 2.55. The number of sulfonamides is 1. The van der Waals surface area contributed by atoms with Crippen LogP contribution in [0, 0.1) is 0 Å².